The predicted molar refractivity (Wildman–Crippen MR) is 77.8 cm³/mol. The van der Waals surface area contributed by atoms with Crippen molar-refractivity contribution >= 4 is 11.8 Å². The van der Waals surface area contributed by atoms with Crippen LogP contribution in [0, 0.1) is 0 Å². The average Bonchev–Trinajstić information content (AvgIpc) is 2.45. The summed E-state index contributed by atoms with van der Waals surface area (Å²) in [6, 6.07) is 14.7. The fourth-order valence-corrected chi connectivity index (χ4v) is 2.06. The number of ketones is 1. The molecule has 0 radical (unpaired) electrons. The monoisotopic (exact) mass is 268 g/mol. The van der Waals surface area contributed by atoms with Crippen molar-refractivity contribution in [1.82, 2.24) is 0 Å². The number of benzene rings is 2. The first-order valence-electron chi connectivity index (χ1n) is 6.48. The SMILES string of the molecule is CC(=O)CCc1cccc(-c2cccc(C(=O)O)c2)c1. The van der Waals surface area contributed by atoms with Gasteiger partial charge < -0.3 is 9.90 Å². The summed E-state index contributed by atoms with van der Waals surface area (Å²) in [5.41, 5.74) is 3.19. The zero-order chi connectivity index (χ0) is 14.5. The Labute approximate surface area is 117 Å². The minimum atomic E-state index is -0.931. The molecule has 0 spiro atoms. The topological polar surface area (TPSA) is 54.4 Å². The van der Waals surface area contributed by atoms with Gasteiger partial charge >= 0.3 is 5.97 Å². The van der Waals surface area contributed by atoms with Gasteiger partial charge in [0.25, 0.3) is 0 Å². The maximum Gasteiger partial charge on any atom is 0.335 e. The van der Waals surface area contributed by atoms with E-state index in [1.54, 1.807) is 25.1 Å². The smallest absolute Gasteiger partial charge is 0.335 e. The van der Waals surface area contributed by atoms with Gasteiger partial charge in [-0.05, 0) is 42.2 Å². The van der Waals surface area contributed by atoms with Crippen LogP contribution in [0.2, 0.25) is 0 Å². The van der Waals surface area contributed by atoms with Crippen molar-refractivity contribution in [1.29, 1.82) is 0 Å². The fraction of sp³-hybridized carbons (Fsp3) is 0.176. The van der Waals surface area contributed by atoms with E-state index in [0.29, 0.717) is 12.8 Å². The summed E-state index contributed by atoms with van der Waals surface area (Å²) in [6.07, 6.45) is 1.24. The van der Waals surface area contributed by atoms with E-state index in [4.69, 9.17) is 5.11 Å². The van der Waals surface area contributed by atoms with Crippen LogP contribution in [0.5, 0.6) is 0 Å². The molecule has 0 unspecified atom stereocenters. The van der Waals surface area contributed by atoms with E-state index in [1.165, 1.54) is 0 Å². The highest BCUT2D eigenvalue weighted by Gasteiger charge is 2.05. The van der Waals surface area contributed by atoms with Crippen molar-refractivity contribution in [3.63, 3.8) is 0 Å². The van der Waals surface area contributed by atoms with Gasteiger partial charge in [0.15, 0.2) is 0 Å². The number of aromatic carboxylic acids is 1. The molecule has 2 aromatic carbocycles. The van der Waals surface area contributed by atoms with Crippen LogP contribution in [0.3, 0.4) is 0 Å². The average molecular weight is 268 g/mol. The summed E-state index contributed by atoms with van der Waals surface area (Å²) in [4.78, 5) is 22.0. The molecule has 1 N–H and O–H groups in total. The standard InChI is InChI=1S/C17H16O3/c1-12(18)8-9-13-4-2-5-14(10-13)15-6-3-7-16(11-15)17(19)20/h2-7,10-11H,8-9H2,1H3,(H,19,20). The van der Waals surface area contributed by atoms with Gasteiger partial charge in [0.2, 0.25) is 0 Å². The predicted octanol–water partition coefficient (Wildman–Crippen LogP) is 3.57. The highest BCUT2D eigenvalue weighted by molar-refractivity contribution is 5.89. The highest BCUT2D eigenvalue weighted by atomic mass is 16.4. The van der Waals surface area contributed by atoms with Crippen molar-refractivity contribution in [2.45, 2.75) is 19.8 Å². The largest absolute Gasteiger partial charge is 0.478 e. The molecule has 0 aliphatic rings. The van der Waals surface area contributed by atoms with Gasteiger partial charge in [-0.15, -0.1) is 0 Å². The van der Waals surface area contributed by atoms with E-state index < -0.39 is 5.97 Å². The Morgan fingerprint density at radius 2 is 1.65 bits per heavy atom. The first-order valence-corrected chi connectivity index (χ1v) is 6.48. The van der Waals surface area contributed by atoms with Gasteiger partial charge in [-0.25, -0.2) is 4.79 Å². The van der Waals surface area contributed by atoms with Crippen molar-refractivity contribution in [3.05, 3.63) is 59.7 Å². The number of aryl methyl sites for hydroxylation is 1. The molecule has 0 bridgehead atoms. The lowest BCUT2D eigenvalue weighted by Crippen LogP contribution is -1.96. The maximum absolute atomic E-state index is 11.0. The minimum Gasteiger partial charge on any atom is -0.478 e. The lowest BCUT2D eigenvalue weighted by atomic mass is 9.99. The third-order valence-corrected chi connectivity index (χ3v) is 3.14. The molecule has 0 fully saturated rings. The molecule has 0 heterocycles. The van der Waals surface area contributed by atoms with Gasteiger partial charge in [-0.1, -0.05) is 36.4 Å². The van der Waals surface area contributed by atoms with E-state index in [-0.39, 0.29) is 11.3 Å². The number of Topliss-reactive ketones (excluding diaryl/α,β-unsaturated/α-hetero) is 1. The second kappa shape index (κ2) is 6.15. The second-order valence-electron chi connectivity index (χ2n) is 4.79. The molecule has 0 saturated carbocycles. The summed E-state index contributed by atoms with van der Waals surface area (Å²) in [5, 5.41) is 9.02. The molecule has 0 amide bonds. The van der Waals surface area contributed by atoms with E-state index >= 15 is 0 Å². The molecule has 102 valence electrons. The normalized spacial score (nSPS) is 10.2. The highest BCUT2D eigenvalue weighted by Crippen LogP contribution is 2.22. The lowest BCUT2D eigenvalue weighted by molar-refractivity contribution is -0.116. The Morgan fingerprint density at radius 3 is 2.30 bits per heavy atom. The molecular formula is C17H16O3. The van der Waals surface area contributed by atoms with Gasteiger partial charge in [0, 0.05) is 6.42 Å². The van der Waals surface area contributed by atoms with Crippen LogP contribution in [0.25, 0.3) is 11.1 Å². The van der Waals surface area contributed by atoms with Crippen molar-refractivity contribution in [2.75, 3.05) is 0 Å². The molecule has 2 rings (SSSR count). The number of carboxylic acid groups (broad SMARTS) is 1. The molecule has 3 heteroatoms. The molecule has 0 aliphatic carbocycles. The third-order valence-electron chi connectivity index (χ3n) is 3.14. The number of carbonyl (C=O) groups is 2. The quantitative estimate of drug-likeness (QED) is 0.901. The summed E-state index contributed by atoms with van der Waals surface area (Å²) >= 11 is 0. The van der Waals surface area contributed by atoms with Gasteiger partial charge in [-0.2, -0.15) is 0 Å². The van der Waals surface area contributed by atoms with Crippen LogP contribution in [-0.4, -0.2) is 16.9 Å². The lowest BCUT2D eigenvalue weighted by Gasteiger charge is -2.06. The van der Waals surface area contributed by atoms with Crippen LogP contribution in [0.15, 0.2) is 48.5 Å². The van der Waals surface area contributed by atoms with Crippen LogP contribution in [0.1, 0.15) is 29.3 Å². The molecule has 0 aromatic heterocycles. The van der Waals surface area contributed by atoms with Crippen LogP contribution >= 0.6 is 0 Å². The minimum absolute atomic E-state index is 0.170. The third kappa shape index (κ3) is 3.54. The zero-order valence-corrected chi connectivity index (χ0v) is 11.3. The molecule has 0 aliphatic heterocycles. The number of carbonyl (C=O) groups excluding carboxylic acids is 1. The molecule has 20 heavy (non-hydrogen) atoms. The van der Waals surface area contributed by atoms with Gasteiger partial charge in [-0.3, -0.25) is 0 Å². The Morgan fingerprint density at radius 1 is 1.00 bits per heavy atom. The Balaban J connectivity index is 2.28. The number of hydrogen-bond donors (Lipinski definition) is 1. The maximum atomic E-state index is 11.0. The van der Waals surface area contributed by atoms with E-state index in [9.17, 15) is 9.59 Å². The van der Waals surface area contributed by atoms with Gasteiger partial charge in [0.05, 0.1) is 5.56 Å². The fourth-order valence-electron chi connectivity index (χ4n) is 2.06. The first kappa shape index (κ1) is 14.0. The van der Waals surface area contributed by atoms with E-state index in [0.717, 1.165) is 16.7 Å². The van der Waals surface area contributed by atoms with Crippen LogP contribution < -0.4 is 0 Å². The molecular weight excluding hydrogens is 252 g/mol. The number of rotatable bonds is 5. The Kier molecular flexibility index (Phi) is 4.31. The molecule has 2 aromatic rings. The Bertz CT molecular complexity index is 644. The van der Waals surface area contributed by atoms with Crippen LogP contribution in [-0.2, 0) is 11.2 Å². The summed E-state index contributed by atoms with van der Waals surface area (Å²) < 4.78 is 0. The number of hydrogen-bond acceptors (Lipinski definition) is 2. The van der Waals surface area contributed by atoms with E-state index in [1.807, 2.05) is 30.3 Å². The number of carboxylic acids is 1. The zero-order valence-electron chi connectivity index (χ0n) is 11.3. The van der Waals surface area contributed by atoms with E-state index in [2.05, 4.69) is 0 Å². The summed E-state index contributed by atoms with van der Waals surface area (Å²) in [7, 11) is 0. The molecule has 0 saturated heterocycles. The molecule has 3 nitrogen and oxygen atoms in total. The first-order chi connectivity index (χ1) is 9.56. The van der Waals surface area contributed by atoms with Crippen molar-refractivity contribution < 1.29 is 14.7 Å². The Hall–Kier alpha value is -2.42. The summed E-state index contributed by atoms with van der Waals surface area (Å²) in [5.74, 6) is -0.761. The van der Waals surface area contributed by atoms with Crippen LogP contribution in [0.4, 0.5) is 0 Å². The second-order valence-corrected chi connectivity index (χ2v) is 4.79. The van der Waals surface area contributed by atoms with Gasteiger partial charge in [0.1, 0.15) is 5.78 Å². The summed E-state index contributed by atoms with van der Waals surface area (Å²) in [6.45, 7) is 1.58. The molecule has 0 atom stereocenters. The van der Waals surface area contributed by atoms with Crippen molar-refractivity contribution in [2.24, 2.45) is 0 Å². The van der Waals surface area contributed by atoms with Crippen molar-refractivity contribution in [3.8, 4) is 11.1 Å².